The Kier molecular flexibility index (Phi) is 4.41. The second-order valence-corrected chi connectivity index (χ2v) is 9.06. The van der Waals surface area contributed by atoms with Gasteiger partial charge in [0.1, 0.15) is 4.90 Å². The molecular weight excluding hydrogens is 304 g/mol. The molecule has 2 fully saturated rings. The molecule has 2 atom stereocenters. The van der Waals surface area contributed by atoms with Crippen molar-refractivity contribution in [3.05, 3.63) is 15.8 Å². The molecule has 0 radical (unpaired) electrons. The third-order valence-corrected chi connectivity index (χ3v) is 8.11. The summed E-state index contributed by atoms with van der Waals surface area (Å²) in [5, 5.41) is 5.22. The van der Waals surface area contributed by atoms with Gasteiger partial charge in [-0.1, -0.05) is 13.3 Å². The Morgan fingerprint density at radius 2 is 2.00 bits per heavy atom. The summed E-state index contributed by atoms with van der Waals surface area (Å²) in [6.45, 7) is 6.90. The summed E-state index contributed by atoms with van der Waals surface area (Å²) >= 11 is 1.55. The summed E-state index contributed by atoms with van der Waals surface area (Å²) < 4.78 is 27.8. The van der Waals surface area contributed by atoms with Gasteiger partial charge >= 0.3 is 0 Å². The maximum absolute atomic E-state index is 13.0. The number of hydrogen-bond donors (Lipinski definition) is 1. The minimum absolute atomic E-state index is 0.563. The van der Waals surface area contributed by atoms with Gasteiger partial charge < -0.3 is 5.32 Å². The Bertz CT molecular complexity index is 597. The van der Waals surface area contributed by atoms with Crippen molar-refractivity contribution < 1.29 is 8.42 Å². The van der Waals surface area contributed by atoms with E-state index in [0.717, 1.165) is 30.1 Å². The van der Waals surface area contributed by atoms with E-state index in [1.54, 1.807) is 15.6 Å². The molecule has 0 bridgehead atoms. The number of nitrogens with one attached hydrogen (secondary N) is 1. The van der Waals surface area contributed by atoms with Crippen LogP contribution < -0.4 is 5.32 Å². The SMILES string of the molecule is CCNCc1scc(C)c1S(=O)(=O)N1CC2CCCC2C1. The molecule has 1 saturated heterocycles. The molecule has 1 aromatic heterocycles. The van der Waals surface area contributed by atoms with Crippen molar-refractivity contribution in [3.8, 4) is 0 Å². The van der Waals surface area contributed by atoms with Crippen LogP contribution in [0.1, 0.15) is 36.6 Å². The normalized spacial score (nSPS) is 26.4. The molecule has 0 amide bonds. The zero-order valence-electron chi connectivity index (χ0n) is 12.8. The minimum Gasteiger partial charge on any atom is -0.312 e. The number of thiophene rings is 1. The maximum Gasteiger partial charge on any atom is 0.244 e. The average molecular weight is 329 g/mol. The van der Waals surface area contributed by atoms with Gasteiger partial charge in [0.05, 0.1) is 0 Å². The van der Waals surface area contributed by atoms with E-state index in [2.05, 4.69) is 5.32 Å². The highest BCUT2D eigenvalue weighted by molar-refractivity contribution is 7.89. The maximum atomic E-state index is 13.0. The van der Waals surface area contributed by atoms with Crippen molar-refractivity contribution in [3.63, 3.8) is 0 Å². The van der Waals surface area contributed by atoms with Gasteiger partial charge in [0.15, 0.2) is 0 Å². The zero-order chi connectivity index (χ0) is 15.0. The molecule has 1 aliphatic carbocycles. The first-order chi connectivity index (χ1) is 10.0. The highest BCUT2D eigenvalue weighted by Crippen LogP contribution is 2.41. The average Bonchev–Trinajstić information content (AvgIpc) is 3.09. The molecular formula is C15H24N2O2S2. The fourth-order valence-electron chi connectivity index (χ4n) is 3.71. The van der Waals surface area contributed by atoms with Gasteiger partial charge in [-0.05, 0) is 49.1 Å². The van der Waals surface area contributed by atoms with Crippen molar-refractivity contribution in [1.29, 1.82) is 0 Å². The minimum atomic E-state index is -3.33. The molecule has 21 heavy (non-hydrogen) atoms. The van der Waals surface area contributed by atoms with Crippen LogP contribution in [0, 0.1) is 18.8 Å². The molecule has 1 aliphatic heterocycles. The lowest BCUT2D eigenvalue weighted by Gasteiger charge is -2.18. The van der Waals surface area contributed by atoms with Crippen LogP contribution in [0.25, 0.3) is 0 Å². The summed E-state index contributed by atoms with van der Waals surface area (Å²) in [4.78, 5) is 1.51. The summed E-state index contributed by atoms with van der Waals surface area (Å²) in [5.74, 6) is 1.19. The first kappa shape index (κ1) is 15.5. The molecule has 2 aliphatic rings. The molecule has 2 unspecified atom stereocenters. The Morgan fingerprint density at radius 3 is 2.62 bits per heavy atom. The molecule has 1 N–H and O–H groups in total. The van der Waals surface area contributed by atoms with Crippen LogP contribution in [0.15, 0.2) is 10.3 Å². The fourth-order valence-corrected chi connectivity index (χ4v) is 7.00. The van der Waals surface area contributed by atoms with Gasteiger partial charge in [0.2, 0.25) is 10.0 Å². The van der Waals surface area contributed by atoms with E-state index in [-0.39, 0.29) is 0 Å². The Labute approximate surface area is 131 Å². The number of nitrogens with zero attached hydrogens (tertiary/aromatic N) is 1. The lowest BCUT2D eigenvalue weighted by molar-refractivity contribution is 0.444. The van der Waals surface area contributed by atoms with E-state index in [9.17, 15) is 8.42 Å². The Morgan fingerprint density at radius 1 is 1.33 bits per heavy atom. The first-order valence-corrected chi connectivity index (χ1v) is 10.1. The van der Waals surface area contributed by atoms with Crippen LogP contribution in [0.3, 0.4) is 0 Å². The van der Waals surface area contributed by atoms with E-state index in [4.69, 9.17) is 0 Å². The number of aryl methyl sites for hydroxylation is 1. The predicted molar refractivity (Wildman–Crippen MR) is 86.0 cm³/mol. The van der Waals surface area contributed by atoms with Gasteiger partial charge in [-0.25, -0.2) is 8.42 Å². The second kappa shape index (κ2) is 5.99. The third-order valence-electron chi connectivity index (χ3n) is 4.82. The second-order valence-electron chi connectivity index (χ2n) is 6.22. The van der Waals surface area contributed by atoms with Crippen molar-refractivity contribution in [2.24, 2.45) is 11.8 Å². The van der Waals surface area contributed by atoms with Gasteiger partial charge in [-0.15, -0.1) is 11.3 Å². The van der Waals surface area contributed by atoms with Crippen LogP contribution in [0.5, 0.6) is 0 Å². The van der Waals surface area contributed by atoms with E-state index in [0.29, 0.717) is 23.3 Å². The summed E-state index contributed by atoms with van der Waals surface area (Å²) in [7, 11) is -3.33. The smallest absolute Gasteiger partial charge is 0.244 e. The van der Waals surface area contributed by atoms with Gasteiger partial charge in [-0.2, -0.15) is 4.31 Å². The number of hydrogen-bond acceptors (Lipinski definition) is 4. The fraction of sp³-hybridized carbons (Fsp3) is 0.733. The van der Waals surface area contributed by atoms with Gasteiger partial charge in [-0.3, -0.25) is 0 Å². The molecule has 3 rings (SSSR count). The highest BCUT2D eigenvalue weighted by atomic mass is 32.2. The lowest BCUT2D eigenvalue weighted by Crippen LogP contribution is -2.31. The number of fused-ring (bicyclic) bond motifs is 1. The monoisotopic (exact) mass is 328 g/mol. The van der Waals surface area contributed by atoms with Crippen LogP contribution in [0.2, 0.25) is 0 Å². The highest BCUT2D eigenvalue weighted by Gasteiger charge is 2.42. The number of sulfonamides is 1. The van der Waals surface area contributed by atoms with Crippen molar-refractivity contribution in [2.75, 3.05) is 19.6 Å². The predicted octanol–water partition coefficient (Wildman–Crippen LogP) is 2.59. The van der Waals surface area contributed by atoms with Crippen molar-refractivity contribution in [1.82, 2.24) is 9.62 Å². The molecule has 1 saturated carbocycles. The van der Waals surface area contributed by atoms with Crippen molar-refractivity contribution in [2.45, 2.75) is 44.6 Å². The molecule has 118 valence electrons. The topological polar surface area (TPSA) is 49.4 Å². The van der Waals surface area contributed by atoms with Gasteiger partial charge in [0, 0.05) is 24.5 Å². The van der Waals surface area contributed by atoms with Crippen LogP contribution in [-0.4, -0.2) is 32.4 Å². The van der Waals surface area contributed by atoms with Crippen LogP contribution in [-0.2, 0) is 16.6 Å². The largest absolute Gasteiger partial charge is 0.312 e. The summed E-state index contributed by atoms with van der Waals surface area (Å²) in [6.07, 6.45) is 3.67. The molecule has 4 nitrogen and oxygen atoms in total. The molecule has 1 aromatic rings. The molecule has 0 aromatic carbocycles. The van der Waals surface area contributed by atoms with Crippen LogP contribution >= 0.6 is 11.3 Å². The van der Waals surface area contributed by atoms with Crippen LogP contribution in [0.4, 0.5) is 0 Å². The molecule has 6 heteroatoms. The van der Waals surface area contributed by atoms with E-state index in [1.165, 1.54) is 19.3 Å². The van der Waals surface area contributed by atoms with Crippen molar-refractivity contribution >= 4 is 21.4 Å². The Balaban J connectivity index is 1.86. The number of rotatable bonds is 5. The lowest BCUT2D eigenvalue weighted by atomic mass is 10.0. The Hall–Kier alpha value is -0.430. The molecule has 0 spiro atoms. The molecule has 2 heterocycles. The van der Waals surface area contributed by atoms with Gasteiger partial charge in [0.25, 0.3) is 0 Å². The van der Waals surface area contributed by atoms with E-state index in [1.807, 2.05) is 19.2 Å². The zero-order valence-corrected chi connectivity index (χ0v) is 14.4. The van der Waals surface area contributed by atoms with E-state index < -0.39 is 10.0 Å². The quantitative estimate of drug-likeness (QED) is 0.904. The third kappa shape index (κ3) is 2.79. The summed E-state index contributed by atoms with van der Waals surface area (Å²) in [5.41, 5.74) is 0.893. The summed E-state index contributed by atoms with van der Waals surface area (Å²) in [6, 6.07) is 0. The van der Waals surface area contributed by atoms with E-state index >= 15 is 0 Å². The first-order valence-electron chi connectivity index (χ1n) is 7.82. The standard InChI is InChI=1S/C15H24N2O2S2/c1-3-16-7-14-15(11(2)10-20-14)21(18,19)17-8-12-5-4-6-13(12)9-17/h10,12-13,16H,3-9H2,1-2H3.